The van der Waals surface area contributed by atoms with Gasteiger partial charge in [-0.25, -0.2) is 4.39 Å². The lowest BCUT2D eigenvalue weighted by molar-refractivity contribution is -0.148. The van der Waals surface area contributed by atoms with E-state index < -0.39 is 17.2 Å². The highest BCUT2D eigenvalue weighted by atomic mass is 19.1. The molecule has 0 amide bonds. The van der Waals surface area contributed by atoms with Gasteiger partial charge < -0.3 is 9.84 Å². The smallest absolute Gasteiger partial charge is 0.314 e. The number of carboxylic acids is 1. The summed E-state index contributed by atoms with van der Waals surface area (Å²) in [5, 5.41) is 9.41. The summed E-state index contributed by atoms with van der Waals surface area (Å²) in [6, 6.07) is 4.72. The lowest BCUT2D eigenvalue weighted by Gasteiger charge is -2.33. The second-order valence-electron chi connectivity index (χ2n) is 4.48. The first-order chi connectivity index (χ1) is 8.06. The van der Waals surface area contributed by atoms with Gasteiger partial charge in [-0.05, 0) is 31.4 Å². The lowest BCUT2D eigenvalue weighted by atomic mass is 9.74. The van der Waals surface area contributed by atoms with Gasteiger partial charge in [-0.15, -0.1) is 0 Å². The van der Waals surface area contributed by atoms with E-state index >= 15 is 0 Å². The van der Waals surface area contributed by atoms with Gasteiger partial charge in [0.25, 0.3) is 0 Å². The fraction of sp³-hybridized carbons (Fsp3) is 0.462. The molecule has 3 nitrogen and oxygen atoms in total. The highest BCUT2D eigenvalue weighted by molar-refractivity contribution is 5.81. The third-order valence-electron chi connectivity index (χ3n) is 3.40. The summed E-state index contributed by atoms with van der Waals surface area (Å²) in [4.78, 5) is 11.5. The molecule has 1 fully saturated rings. The molecule has 92 valence electrons. The molecule has 0 spiro atoms. The maximum atomic E-state index is 13.9. The van der Waals surface area contributed by atoms with Gasteiger partial charge in [0.1, 0.15) is 5.82 Å². The Morgan fingerprint density at radius 1 is 1.41 bits per heavy atom. The highest BCUT2D eigenvalue weighted by Crippen LogP contribution is 2.36. The summed E-state index contributed by atoms with van der Waals surface area (Å²) in [5.41, 5.74) is -0.0616. The van der Waals surface area contributed by atoms with Gasteiger partial charge in [0.2, 0.25) is 0 Å². The molecule has 1 aliphatic heterocycles. The zero-order valence-corrected chi connectivity index (χ0v) is 9.70. The number of aryl methyl sites for hydroxylation is 1. The Morgan fingerprint density at radius 2 is 2.06 bits per heavy atom. The number of carboxylic acid groups (broad SMARTS) is 1. The summed E-state index contributed by atoms with van der Waals surface area (Å²) in [7, 11) is 0. The Bertz CT molecular complexity index is 436. The number of carbonyl (C=O) groups is 1. The van der Waals surface area contributed by atoms with E-state index in [9.17, 15) is 14.3 Å². The van der Waals surface area contributed by atoms with Crippen LogP contribution in [0.2, 0.25) is 0 Å². The Kier molecular flexibility index (Phi) is 3.15. The third kappa shape index (κ3) is 2.05. The second kappa shape index (κ2) is 4.45. The van der Waals surface area contributed by atoms with Gasteiger partial charge >= 0.3 is 5.97 Å². The number of benzene rings is 1. The fourth-order valence-electron chi connectivity index (χ4n) is 2.33. The third-order valence-corrected chi connectivity index (χ3v) is 3.40. The molecule has 17 heavy (non-hydrogen) atoms. The van der Waals surface area contributed by atoms with Crippen LogP contribution in [0.4, 0.5) is 4.39 Å². The van der Waals surface area contributed by atoms with E-state index in [4.69, 9.17) is 4.74 Å². The first kappa shape index (κ1) is 12.0. The van der Waals surface area contributed by atoms with E-state index in [1.165, 1.54) is 6.07 Å². The van der Waals surface area contributed by atoms with E-state index in [1.807, 2.05) is 0 Å². The van der Waals surface area contributed by atoms with Crippen molar-refractivity contribution in [1.29, 1.82) is 0 Å². The summed E-state index contributed by atoms with van der Waals surface area (Å²) in [6.07, 6.45) is 0.643. The Labute approximate surface area is 99.2 Å². The van der Waals surface area contributed by atoms with Gasteiger partial charge in [0.15, 0.2) is 0 Å². The molecule has 0 bridgehead atoms. The molecule has 0 atom stereocenters. The average molecular weight is 238 g/mol. The Hall–Kier alpha value is -1.42. The number of hydrogen-bond acceptors (Lipinski definition) is 2. The van der Waals surface area contributed by atoms with Crippen molar-refractivity contribution in [3.8, 4) is 0 Å². The van der Waals surface area contributed by atoms with Gasteiger partial charge in [0, 0.05) is 18.8 Å². The van der Waals surface area contributed by atoms with Crippen LogP contribution in [0.25, 0.3) is 0 Å². The van der Waals surface area contributed by atoms with E-state index in [2.05, 4.69) is 0 Å². The Morgan fingerprint density at radius 3 is 2.59 bits per heavy atom. The first-order valence-corrected chi connectivity index (χ1v) is 5.64. The van der Waals surface area contributed by atoms with Gasteiger partial charge in [-0.2, -0.15) is 0 Å². The lowest BCUT2D eigenvalue weighted by Crippen LogP contribution is -2.42. The molecule has 4 heteroatoms. The molecule has 0 saturated carbocycles. The maximum Gasteiger partial charge on any atom is 0.314 e. The standard InChI is InChI=1S/C13H15FO3/c1-9-2-3-10(11(14)8-9)13(12(15)16)4-6-17-7-5-13/h2-3,8H,4-7H2,1H3,(H,15,16). The number of ether oxygens (including phenoxy) is 1. The summed E-state index contributed by atoms with van der Waals surface area (Å²) < 4.78 is 19.1. The van der Waals surface area contributed by atoms with Crippen molar-refractivity contribution in [1.82, 2.24) is 0 Å². The zero-order chi connectivity index (χ0) is 12.5. The average Bonchev–Trinajstić information content (AvgIpc) is 2.29. The van der Waals surface area contributed by atoms with Gasteiger partial charge in [-0.1, -0.05) is 12.1 Å². The minimum absolute atomic E-state index is 0.277. The van der Waals surface area contributed by atoms with Crippen molar-refractivity contribution in [3.63, 3.8) is 0 Å². The van der Waals surface area contributed by atoms with E-state index in [-0.39, 0.29) is 5.56 Å². The normalized spacial score (nSPS) is 18.9. The minimum Gasteiger partial charge on any atom is -0.481 e. The van der Waals surface area contributed by atoms with Crippen LogP contribution in [-0.4, -0.2) is 24.3 Å². The highest BCUT2D eigenvalue weighted by Gasteiger charge is 2.43. The van der Waals surface area contributed by atoms with E-state index in [0.29, 0.717) is 26.1 Å². The van der Waals surface area contributed by atoms with Crippen LogP contribution in [0.15, 0.2) is 18.2 Å². The van der Waals surface area contributed by atoms with E-state index in [1.54, 1.807) is 19.1 Å². The molecular formula is C13H15FO3. The van der Waals surface area contributed by atoms with Crippen molar-refractivity contribution in [2.24, 2.45) is 0 Å². The summed E-state index contributed by atoms with van der Waals surface area (Å²) >= 11 is 0. The fourth-order valence-corrected chi connectivity index (χ4v) is 2.33. The van der Waals surface area contributed by atoms with Crippen LogP contribution in [-0.2, 0) is 14.9 Å². The molecule has 2 rings (SSSR count). The minimum atomic E-state index is -1.13. The predicted molar refractivity (Wildman–Crippen MR) is 60.5 cm³/mol. The van der Waals surface area contributed by atoms with Crippen molar-refractivity contribution in [3.05, 3.63) is 35.1 Å². The molecule has 1 N–H and O–H groups in total. The first-order valence-electron chi connectivity index (χ1n) is 5.64. The maximum absolute atomic E-state index is 13.9. The molecule has 1 aliphatic rings. The number of halogens is 1. The monoisotopic (exact) mass is 238 g/mol. The molecule has 1 aromatic rings. The summed E-state index contributed by atoms with van der Waals surface area (Å²) in [5.74, 6) is -1.40. The Balaban J connectivity index is 2.49. The number of hydrogen-bond donors (Lipinski definition) is 1. The topological polar surface area (TPSA) is 46.5 Å². The second-order valence-corrected chi connectivity index (χ2v) is 4.48. The van der Waals surface area contributed by atoms with Crippen LogP contribution in [0.1, 0.15) is 24.0 Å². The predicted octanol–water partition coefficient (Wildman–Crippen LogP) is 2.27. The largest absolute Gasteiger partial charge is 0.481 e. The molecule has 0 aromatic heterocycles. The van der Waals surface area contributed by atoms with Gasteiger partial charge in [-0.3, -0.25) is 4.79 Å². The molecule has 0 aliphatic carbocycles. The quantitative estimate of drug-likeness (QED) is 0.859. The van der Waals surface area contributed by atoms with Crippen LogP contribution in [0.3, 0.4) is 0 Å². The number of aliphatic carboxylic acids is 1. The van der Waals surface area contributed by atoms with E-state index in [0.717, 1.165) is 5.56 Å². The SMILES string of the molecule is Cc1ccc(C2(C(=O)O)CCOCC2)c(F)c1. The number of rotatable bonds is 2. The van der Waals surface area contributed by atoms with Crippen molar-refractivity contribution in [2.45, 2.75) is 25.2 Å². The van der Waals surface area contributed by atoms with Crippen LogP contribution < -0.4 is 0 Å². The van der Waals surface area contributed by atoms with Crippen molar-refractivity contribution in [2.75, 3.05) is 13.2 Å². The molecule has 1 aromatic carbocycles. The molecule has 0 radical (unpaired) electrons. The van der Waals surface area contributed by atoms with Crippen LogP contribution in [0.5, 0.6) is 0 Å². The molecular weight excluding hydrogens is 223 g/mol. The van der Waals surface area contributed by atoms with Gasteiger partial charge in [0.05, 0.1) is 5.41 Å². The van der Waals surface area contributed by atoms with Crippen LogP contribution in [0, 0.1) is 12.7 Å². The zero-order valence-electron chi connectivity index (χ0n) is 9.70. The molecule has 0 unspecified atom stereocenters. The van der Waals surface area contributed by atoms with Crippen molar-refractivity contribution >= 4 is 5.97 Å². The van der Waals surface area contributed by atoms with Crippen LogP contribution >= 0.6 is 0 Å². The molecule has 1 heterocycles. The summed E-state index contributed by atoms with van der Waals surface area (Å²) in [6.45, 7) is 2.50. The van der Waals surface area contributed by atoms with Crippen molar-refractivity contribution < 1.29 is 19.0 Å². The molecule has 1 saturated heterocycles.